The molecule has 0 fully saturated rings. The molecule has 9 nitrogen and oxygen atoms in total. The Morgan fingerprint density at radius 2 is 1.50 bits per heavy atom. The third kappa shape index (κ3) is 2.39. The van der Waals surface area contributed by atoms with Crippen LogP contribution in [0.25, 0.3) is 0 Å². The average Bonchev–Trinajstić information content (AvgIpc) is 2.95. The van der Waals surface area contributed by atoms with Crippen LogP contribution in [0.2, 0.25) is 0 Å². The maximum atomic E-state index is 12.9. The number of ether oxygens (including phenoxy) is 4. The highest BCUT2D eigenvalue weighted by atomic mass is 16.5. The Bertz CT molecular complexity index is 763. The molecule has 1 aliphatic heterocycles. The second-order valence-corrected chi connectivity index (χ2v) is 5.52. The summed E-state index contributed by atoms with van der Waals surface area (Å²) >= 11 is 0. The topological polar surface area (TPSA) is 108 Å². The number of carbonyl (C=O) groups is 4. The molecule has 2 rings (SSSR count). The molecule has 9 heteroatoms. The number of fused-ring (bicyclic) bond motifs is 1. The number of allylic oxidation sites excluding steroid dienone is 2. The second kappa shape index (κ2) is 7.03. The van der Waals surface area contributed by atoms with Gasteiger partial charge in [0.2, 0.25) is 0 Å². The standard InChI is InChI=1S/C17H19NO8/c1-18-10-8-6-7-9(13(19)23-2)17(10,16(22)26-5)11(14(20)24-3)12(18)15(21)25-4/h6-8,10H,1-5H3/t10-,17+/m1/s1. The predicted molar refractivity (Wildman–Crippen MR) is 86.3 cm³/mol. The normalized spacial score (nSPS) is 23.8. The molecule has 0 aromatic rings. The van der Waals surface area contributed by atoms with Crippen molar-refractivity contribution in [2.24, 2.45) is 5.41 Å². The number of esters is 4. The minimum atomic E-state index is -1.93. The number of likely N-dealkylation sites (N-methyl/N-ethyl adjacent to an activating group) is 1. The summed E-state index contributed by atoms with van der Waals surface area (Å²) in [7, 11) is 5.99. The van der Waals surface area contributed by atoms with Gasteiger partial charge in [0.15, 0.2) is 5.41 Å². The van der Waals surface area contributed by atoms with E-state index in [0.717, 1.165) is 28.4 Å². The van der Waals surface area contributed by atoms with Crippen LogP contribution in [0, 0.1) is 5.41 Å². The first-order valence-electron chi connectivity index (χ1n) is 7.52. The van der Waals surface area contributed by atoms with Gasteiger partial charge < -0.3 is 23.8 Å². The highest BCUT2D eigenvalue weighted by Crippen LogP contribution is 2.52. The molecule has 0 aromatic heterocycles. The molecule has 2 atom stereocenters. The molecule has 0 amide bonds. The van der Waals surface area contributed by atoms with E-state index in [9.17, 15) is 19.2 Å². The van der Waals surface area contributed by atoms with Gasteiger partial charge in [-0.1, -0.05) is 18.2 Å². The molecular formula is C17H19NO8. The van der Waals surface area contributed by atoms with Gasteiger partial charge in [0, 0.05) is 7.05 Å². The van der Waals surface area contributed by atoms with Crippen LogP contribution < -0.4 is 0 Å². The lowest BCUT2D eigenvalue weighted by Gasteiger charge is -2.37. The number of carbonyl (C=O) groups excluding carboxylic acids is 4. The second-order valence-electron chi connectivity index (χ2n) is 5.52. The molecule has 140 valence electrons. The molecule has 0 unspecified atom stereocenters. The monoisotopic (exact) mass is 365 g/mol. The fourth-order valence-corrected chi connectivity index (χ4v) is 3.43. The van der Waals surface area contributed by atoms with Gasteiger partial charge in [-0.15, -0.1) is 0 Å². The van der Waals surface area contributed by atoms with Crippen LogP contribution >= 0.6 is 0 Å². The van der Waals surface area contributed by atoms with Crippen molar-refractivity contribution >= 4 is 23.9 Å². The summed E-state index contributed by atoms with van der Waals surface area (Å²) < 4.78 is 19.2. The number of hydrogen-bond donors (Lipinski definition) is 0. The minimum absolute atomic E-state index is 0.148. The van der Waals surface area contributed by atoms with E-state index in [2.05, 4.69) is 0 Å². The summed E-state index contributed by atoms with van der Waals surface area (Å²) in [5, 5.41) is 0. The maximum absolute atomic E-state index is 12.9. The van der Waals surface area contributed by atoms with Gasteiger partial charge >= 0.3 is 23.9 Å². The van der Waals surface area contributed by atoms with Crippen LogP contribution in [0.1, 0.15) is 0 Å². The molecule has 0 saturated heterocycles. The van der Waals surface area contributed by atoms with E-state index in [-0.39, 0.29) is 16.8 Å². The van der Waals surface area contributed by atoms with Crippen molar-refractivity contribution in [2.45, 2.75) is 6.04 Å². The predicted octanol–water partition coefficient (Wildman–Crippen LogP) is -0.271. The zero-order chi connectivity index (χ0) is 19.6. The fourth-order valence-electron chi connectivity index (χ4n) is 3.43. The molecular weight excluding hydrogens is 346 g/mol. The first kappa shape index (κ1) is 19.2. The fraction of sp³-hybridized carbons (Fsp3) is 0.412. The smallest absolute Gasteiger partial charge is 0.354 e. The summed E-state index contributed by atoms with van der Waals surface area (Å²) in [5.41, 5.74) is -2.61. The Balaban J connectivity index is 2.94. The minimum Gasteiger partial charge on any atom is -0.468 e. The van der Waals surface area contributed by atoms with Crippen LogP contribution in [0.3, 0.4) is 0 Å². The van der Waals surface area contributed by atoms with Gasteiger partial charge in [-0.3, -0.25) is 4.79 Å². The quantitative estimate of drug-likeness (QED) is 0.491. The van der Waals surface area contributed by atoms with Gasteiger partial charge in [-0.2, -0.15) is 0 Å². The molecule has 0 spiro atoms. The van der Waals surface area contributed by atoms with Crippen molar-refractivity contribution < 1.29 is 38.1 Å². The Kier molecular flexibility index (Phi) is 5.20. The van der Waals surface area contributed by atoms with Gasteiger partial charge in [-0.25, -0.2) is 14.4 Å². The van der Waals surface area contributed by atoms with Crippen molar-refractivity contribution in [1.29, 1.82) is 0 Å². The van der Waals surface area contributed by atoms with Gasteiger partial charge in [-0.05, 0) is 0 Å². The Labute approximate surface area is 149 Å². The first-order valence-corrected chi connectivity index (χ1v) is 7.52. The third-order valence-corrected chi connectivity index (χ3v) is 4.51. The summed E-state index contributed by atoms with van der Waals surface area (Å²) in [5.74, 6) is -3.57. The van der Waals surface area contributed by atoms with E-state index in [0.29, 0.717) is 0 Å². The lowest BCUT2D eigenvalue weighted by atomic mass is 9.67. The van der Waals surface area contributed by atoms with Crippen molar-refractivity contribution in [2.75, 3.05) is 35.5 Å². The average molecular weight is 365 g/mol. The summed E-state index contributed by atoms with van der Waals surface area (Å²) in [4.78, 5) is 51.6. The SMILES string of the molecule is COC(=O)C1=CC=C[C@H]2N(C)C(C(=O)OC)=C(C(=O)OC)[C@]12C(=O)OC. The molecule has 1 heterocycles. The highest BCUT2D eigenvalue weighted by molar-refractivity contribution is 6.13. The molecule has 0 aromatic carbocycles. The van der Waals surface area contributed by atoms with E-state index < -0.39 is 35.3 Å². The van der Waals surface area contributed by atoms with Crippen LogP contribution in [0.15, 0.2) is 35.1 Å². The van der Waals surface area contributed by atoms with Crippen molar-refractivity contribution in [3.8, 4) is 0 Å². The van der Waals surface area contributed by atoms with Crippen molar-refractivity contribution in [3.63, 3.8) is 0 Å². The van der Waals surface area contributed by atoms with E-state index in [1.807, 2.05) is 0 Å². The largest absolute Gasteiger partial charge is 0.468 e. The van der Waals surface area contributed by atoms with Gasteiger partial charge in [0.05, 0.1) is 45.6 Å². The zero-order valence-corrected chi connectivity index (χ0v) is 15.0. The van der Waals surface area contributed by atoms with E-state index in [1.165, 1.54) is 24.1 Å². The van der Waals surface area contributed by atoms with Crippen LogP contribution in [0.4, 0.5) is 0 Å². The molecule has 0 radical (unpaired) electrons. The van der Waals surface area contributed by atoms with Gasteiger partial charge in [0.25, 0.3) is 0 Å². The zero-order valence-electron chi connectivity index (χ0n) is 15.0. The van der Waals surface area contributed by atoms with Crippen molar-refractivity contribution in [3.05, 3.63) is 35.1 Å². The maximum Gasteiger partial charge on any atom is 0.354 e. The first-order chi connectivity index (χ1) is 12.3. The lowest BCUT2D eigenvalue weighted by Crippen LogP contribution is -2.51. The summed E-state index contributed by atoms with van der Waals surface area (Å²) in [6, 6.07) is -0.891. The third-order valence-electron chi connectivity index (χ3n) is 4.51. The Morgan fingerprint density at radius 3 is 2.00 bits per heavy atom. The van der Waals surface area contributed by atoms with Crippen LogP contribution in [-0.4, -0.2) is 70.3 Å². The lowest BCUT2D eigenvalue weighted by molar-refractivity contribution is -0.155. The molecule has 0 saturated carbocycles. The molecule has 26 heavy (non-hydrogen) atoms. The number of nitrogens with zero attached hydrogens (tertiary/aromatic N) is 1. The van der Waals surface area contributed by atoms with Crippen molar-refractivity contribution in [1.82, 2.24) is 4.90 Å². The molecule has 2 aliphatic rings. The van der Waals surface area contributed by atoms with Crippen LogP contribution in [-0.2, 0) is 38.1 Å². The highest BCUT2D eigenvalue weighted by Gasteiger charge is 2.65. The Hall–Kier alpha value is -3.10. The summed E-state index contributed by atoms with van der Waals surface area (Å²) in [6.45, 7) is 0. The number of hydrogen-bond acceptors (Lipinski definition) is 9. The van der Waals surface area contributed by atoms with E-state index in [1.54, 1.807) is 6.08 Å². The van der Waals surface area contributed by atoms with Crippen LogP contribution in [0.5, 0.6) is 0 Å². The van der Waals surface area contributed by atoms with E-state index >= 15 is 0 Å². The number of rotatable bonds is 4. The molecule has 0 bridgehead atoms. The van der Waals surface area contributed by atoms with E-state index in [4.69, 9.17) is 18.9 Å². The Morgan fingerprint density at radius 1 is 0.923 bits per heavy atom. The number of methoxy groups -OCH3 is 4. The molecule has 1 aliphatic carbocycles. The molecule has 0 N–H and O–H groups in total. The van der Waals surface area contributed by atoms with Gasteiger partial charge in [0.1, 0.15) is 5.70 Å². The summed E-state index contributed by atoms with van der Waals surface area (Å²) in [6.07, 6.45) is 4.45.